The second kappa shape index (κ2) is 63.1. The molecule has 0 saturated heterocycles. The molecule has 1 aliphatic rings. The van der Waals surface area contributed by atoms with Gasteiger partial charge >= 0.3 is 83.8 Å². The first-order valence-electron chi connectivity index (χ1n) is 8.09. The third-order valence-corrected chi connectivity index (χ3v) is 3.85. The Labute approximate surface area is 194 Å². The van der Waals surface area contributed by atoms with Gasteiger partial charge in [-0.3, -0.25) is 0 Å². The standard InChI is InChI=1S/C11H15S.C5H10.5CO.Fe.Mn/c1-2-3-9-12-10-11-7-5-4-6-8-11;1-2-4-5-3-1;5*1-2;;/h4-8,10H,2-3,9H2,1H3;1-5H2;;;;;;;/q-1;;;;;;;;. The van der Waals surface area contributed by atoms with Crippen molar-refractivity contribution >= 4 is 11.8 Å². The molecule has 0 heterocycles. The number of hydrogen-bond acceptors (Lipinski definition) is 1. The van der Waals surface area contributed by atoms with Crippen LogP contribution in [0, 0.1) is 39.0 Å². The van der Waals surface area contributed by atoms with Gasteiger partial charge in [0.05, 0.1) is 0 Å². The van der Waals surface area contributed by atoms with E-state index in [1.165, 1.54) is 56.3 Å². The van der Waals surface area contributed by atoms with Crippen molar-refractivity contribution in [3.63, 3.8) is 0 Å². The molecule has 8 heteroatoms. The maximum absolute atomic E-state index is 7.50. The van der Waals surface area contributed by atoms with Gasteiger partial charge in [0, 0.05) is 0 Å². The van der Waals surface area contributed by atoms with E-state index in [0.717, 1.165) is 0 Å². The van der Waals surface area contributed by atoms with Crippen LogP contribution in [0.3, 0.4) is 0 Å². The van der Waals surface area contributed by atoms with Crippen molar-refractivity contribution < 1.29 is 50.6 Å². The fourth-order valence-corrected chi connectivity index (χ4v) is 2.72. The Balaban J connectivity index is -0.0000000653. The van der Waals surface area contributed by atoms with Gasteiger partial charge in [-0.2, -0.15) is 17.7 Å². The quantitative estimate of drug-likeness (QED) is 0.227. The van der Waals surface area contributed by atoms with Crippen LogP contribution in [0.15, 0.2) is 30.3 Å². The van der Waals surface area contributed by atoms with Gasteiger partial charge in [0.15, 0.2) is 0 Å². The topological polar surface area (TPSA) is 99.5 Å². The Bertz CT molecular complexity index is 429. The van der Waals surface area contributed by atoms with E-state index in [-0.39, 0.29) is 0 Å². The Hall–Kier alpha value is -0.821. The minimum absolute atomic E-state index is 1.24. The summed E-state index contributed by atoms with van der Waals surface area (Å²) in [6, 6.07) is 10.5. The first kappa shape index (κ1) is 42.3. The van der Waals surface area contributed by atoms with Crippen LogP contribution in [0.1, 0.15) is 57.4 Å². The molecule has 161 valence electrons. The van der Waals surface area contributed by atoms with Crippen LogP contribution in [0.2, 0.25) is 0 Å². The summed E-state index contributed by atoms with van der Waals surface area (Å²) in [5.41, 5.74) is 1.32. The summed E-state index contributed by atoms with van der Waals surface area (Å²) in [5, 5.41) is 0. The van der Waals surface area contributed by atoms with Crippen LogP contribution in [0.5, 0.6) is 0 Å². The van der Waals surface area contributed by atoms with Crippen LogP contribution in [-0.4, -0.2) is 5.75 Å². The molecule has 1 aliphatic carbocycles. The zero-order valence-electron chi connectivity index (χ0n) is 16.3. The average molecular weight is 500 g/mol. The zero-order chi connectivity index (χ0) is 24.2. The van der Waals surface area contributed by atoms with Gasteiger partial charge in [-0.05, 0) is 12.2 Å². The van der Waals surface area contributed by atoms with Crippen LogP contribution < -0.4 is 0 Å². The van der Waals surface area contributed by atoms with Gasteiger partial charge in [0.1, 0.15) is 0 Å². The van der Waals surface area contributed by atoms with Gasteiger partial charge in [0.2, 0.25) is 0 Å². The number of benzene rings is 1. The van der Waals surface area contributed by atoms with E-state index in [1.807, 2.05) is 17.8 Å². The fourth-order valence-electron chi connectivity index (χ4n) is 1.80. The van der Waals surface area contributed by atoms with E-state index in [4.69, 9.17) is 23.3 Å². The van der Waals surface area contributed by atoms with E-state index in [9.17, 15) is 0 Å². The van der Waals surface area contributed by atoms with Crippen LogP contribution >= 0.6 is 11.8 Å². The van der Waals surface area contributed by atoms with Crippen molar-refractivity contribution in [2.24, 2.45) is 0 Å². The van der Waals surface area contributed by atoms with E-state index >= 15 is 0 Å². The van der Waals surface area contributed by atoms with Crippen LogP contribution in [-0.2, 0) is 50.6 Å². The fraction of sp³-hybridized carbons (Fsp3) is 0.429. The molecule has 0 radical (unpaired) electrons. The number of rotatable bonds is 5. The summed E-state index contributed by atoms with van der Waals surface area (Å²) in [6.07, 6.45) is 10.1. The van der Waals surface area contributed by atoms with Crippen molar-refractivity contribution in [3.8, 4) is 0 Å². The predicted octanol–water partition coefficient (Wildman–Crippen LogP) is 5.49. The molecule has 0 amide bonds. The molecule has 0 unspecified atom stereocenters. The van der Waals surface area contributed by atoms with Crippen LogP contribution in [0.4, 0.5) is 0 Å². The zero-order valence-corrected chi connectivity index (χ0v) is 19.4. The maximum atomic E-state index is 7.50. The third kappa shape index (κ3) is 52.1. The molecule has 1 fully saturated rings. The SMILES string of the molecule is C1CCCC1.CCCCS[CH-]c1ccccc1.[C-]#[O+].[C-]#[O+].[C-]#[O+].[C-]#[O+].[C-]#[O+].[Mn]=[Fe]. The van der Waals surface area contributed by atoms with E-state index in [1.54, 1.807) is 0 Å². The molecule has 0 N–H and O–H groups in total. The summed E-state index contributed by atoms with van der Waals surface area (Å²) in [7, 11) is 0. The molecule has 29 heavy (non-hydrogen) atoms. The monoisotopic (exact) mass is 500 g/mol. The Kier molecular flexibility index (Phi) is 92.1. The normalized spacial score (nSPS) is 8.69. The minimum atomic E-state index is 1.24. The average Bonchev–Trinajstić information content (AvgIpc) is 3.46. The number of unbranched alkanes of at least 4 members (excludes halogenated alkanes) is 1. The molecular weight excluding hydrogens is 475 g/mol. The molecule has 0 bridgehead atoms. The molecule has 0 atom stereocenters. The van der Waals surface area contributed by atoms with Crippen molar-refractivity contribution in [1.29, 1.82) is 0 Å². The Morgan fingerprint density at radius 1 is 0.793 bits per heavy atom. The van der Waals surface area contributed by atoms with Gasteiger partial charge in [-0.1, -0.05) is 51.5 Å². The molecule has 0 spiro atoms. The summed E-state index contributed by atoms with van der Waals surface area (Å²) in [4.78, 5) is 0. The van der Waals surface area contributed by atoms with Crippen molar-refractivity contribution in [2.45, 2.75) is 51.9 Å². The van der Waals surface area contributed by atoms with E-state index < -0.39 is 0 Å². The van der Waals surface area contributed by atoms with E-state index in [2.05, 4.69) is 97.5 Å². The second-order valence-electron chi connectivity index (χ2n) is 4.52. The molecule has 5 nitrogen and oxygen atoms in total. The molecule has 1 saturated carbocycles. The number of thioether (sulfide) groups is 1. The third-order valence-electron chi connectivity index (χ3n) is 2.88. The van der Waals surface area contributed by atoms with Crippen LogP contribution in [0.25, 0.3) is 0 Å². The van der Waals surface area contributed by atoms with Crippen molar-refractivity contribution in [2.75, 3.05) is 5.75 Å². The molecule has 0 aliphatic heterocycles. The van der Waals surface area contributed by atoms with Gasteiger partial charge in [-0.25, -0.2) is 11.8 Å². The Morgan fingerprint density at radius 3 is 1.45 bits per heavy atom. The molecule has 0 aromatic heterocycles. The van der Waals surface area contributed by atoms with E-state index in [0.29, 0.717) is 0 Å². The van der Waals surface area contributed by atoms with Gasteiger partial charge < -0.3 is 0 Å². The number of hydrogen-bond donors (Lipinski definition) is 0. The van der Waals surface area contributed by atoms with Crippen molar-refractivity contribution in [1.82, 2.24) is 0 Å². The predicted molar refractivity (Wildman–Crippen MR) is 99.9 cm³/mol. The summed E-state index contributed by atoms with van der Waals surface area (Å²) >= 11 is 7.66. The van der Waals surface area contributed by atoms with Crippen molar-refractivity contribution in [3.05, 3.63) is 74.9 Å². The molecule has 1 aromatic rings. The van der Waals surface area contributed by atoms with Gasteiger partial charge in [0.25, 0.3) is 0 Å². The molecule has 2 rings (SSSR count). The molecule has 1 aromatic carbocycles. The second-order valence-corrected chi connectivity index (χ2v) is 5.50. The summed E-state index contributed by atoms with van der Waals surface area (Å²) < 4.78 is 37.5. The summed E-state index contributed by atoms with van der Waals surface area (Å²) in [5.74, 6) is 3.47. The summed E-state index contributed by atoms with van der Waals surface area (Å²) in [6.45, 7) is 24.7. The first-order valence-corrected chi connectivity index (χ1v) is 11.3. The van der Waals surface area contributed by atoms with Gasteiger partial charge in [-0.15, -0.1) is 17.9 Å². The molecular formula is C21H25FeMnO5S-. The first-order chi connectivity index (χ1) is 14.4. The Morgan fingerprint density at radius 2 is 1.14 bits per heavy atom.